The van der Waals surface area contributed by atoms with Crippen molar-refractivity contribution in [2.75, 3.05) is 12.4 Å². The molecule has 5 nitrogen and oxygen atoms in total. The first-order valence-corrected chi connectivity index (χ1v) is 10.9. The second-order valence-electron chi connectivity index (χ2n) is 7.19. The third kappa shape index (κ3) is 4.73. The minimum Gasteiger partial charge on any atom is -0.495 e. The fourth-order valence-corrected chi connectivity index (χ4v) is 4.53. The summed E-state index contributed by atoms with van der Waals surface area (Å²) in [4.78, 5) is 17.3. The van der Waals surface area contributed by atoms with Crippen molar-refractivity contribution < 1.29 is 9.53 Å². The molecule has 0 radical (unpaired) electrons. The van der Waals surface area contributed by atoms with E-state index in [1.54, 1.807) is 18.4 Å². The van der Waals surface area contributed by atoms with E-state index in [2.05, 4.69) is 16.7 Å². The molecule has 0 unspecified atom stereocenters. The van der Waals surface area contributed by atoms with Gasteiger partial charge in [-0.2, -0.15) is 0 Å². The molecular formula is C24H21N3O2S2. The predicted octanol–water partition coefficient (Wildman–Crippen LogP) is 5.72. The third-order valence-electron chi connectivity index (χ3n) is 4.70. The van der Waals surface area contributed by atoms with E-state index in [0.717, 1.165) is 31.9 Å². The molecule has 7 heteroatoms. The van der Waals surface area contributed by atoms with Crippen LogP contribution in [0, 0.1) is 13.8 Å². The monoisotopic (exact) mass is 447 g/mol. The highest BCUT2D eigenvalue weighted by atomic mass is 32.1. The zero-order chi connectivity index (χ0) is 22.0. The lowest BCUT2D eigenvalue weighted by molar-refractivity contribution is 0.0977. The molecule has 4 aromatic rings. The average molecular weight is 448 g/mol. The number of benzene rings is 3. The molecule has 0 aliphatic heterocycles. The van der Waals surface area contributed by atoms with Gasteiger partial charge in [-0.1, -0.05) is 29.3 Å². The first kappa shape index (κ1) is 21.0. The van der Waals surface area contributed by atoms with Crippen LogP contribution in [0.5, 0.6) is 5.75 Å². The number of carbonyl (C=O) groups is 1. The van der Waals surface area contributed by atoms with Gasteiger partial charge < -0.3 is 10.1 Å². The molecule has 156 valence electrons. The minimum absolute atomic E-state index is 0.198. The topological polar surface area (TPSA) is 63.2 Å². The lowest BCUT2D eigenvalue weighted by Crippen LogP contribution is -2.34. The van der Waals surface area contributed by atoms with Crippen molar-refractivity contribution >= 4 is 50.5 Å². The fraction of sp³-hybridized carbons (Fsp3) is 0.125. The summed E-state index contributed by atoms with van der Waals surface area (Å²) >= 11 is 7.01. The van der Waals surface area contributed by atoms with Crippen LogP contribution in [-0.4, -0.2) is 23.1 Å². The number of carbonyl (C=O) groups excluding carboxylic acids is 1. The minimum atomic E-state index is -0.259. The van der Waals surface area contributed by atoms with Gasteiger partial charge in [0.05, 0.1) is 23.0 Å². The molecule has 0 saturated heterocycles. The number of nitrogens with one attached hydrogen (secondary N) is 2. The van der Waals surface area contributed by atoms with Crippen LogP contribution in [0.3, 0.4) is 0 Å². The SMILES string of the molecule is COc1ccc(-c2nc3ccccc3s2)cc1NC(=S)NC(=O)c1cc(C)cc(C)c1. The fourth-order valence-electron chi connectivity index (χ4n) is 3.37. The normalized spacial score (nSPS) is 10.7. The van der Waals surface area contributed by atoms with Gasteiger partial charge in [-0.05, 0) is 68.5 Å². The number of thiocarbonyl (C=S) groups is 1. The van der Waals surface area contributed by atoms with E-state index in [9.17, 15) is 4.79 Å². The van der Waals surface area contributed by atoms with Crippen LogP contribution in [0.2, 0.25) is 0 Å². The molecule has 1 heterocycles. The van der Waals surface area contributed by atoms with Crippen molar-refractivity contribution in [3.05, 3.63) is 77.4 Å². The van der Waals surface area contributed by atoms with Crippen LogP contribution in [-0.2, 0) is 0 Å². The maximum atomic E-state index is 12.6. The van der Waals surface area contributed by atoms with Crippen molar-refractivity contribution in [1.29, 1.82) is 0 Å². The number of hydrogen-bond acceptors (Lipinski definition) is 5. The Hall–Kier alpha value is -3.29. The number of anilines is 1. The molecule has 0 saturated carbocycles. The largest absolute Gasteiger partial charge is 0.495 e. The van der Waals surface area contributed by atoms with Gasteiger partial charge in [0, 0.05) is 11.1 Å². The zero-order valence-corrected chi connectivity index (χ0v) is 19.0. The van der Waals surface area contributed by atoms with Gasteiger partial charge in [-0.25, -0.2) is 4.98 Å². The number of aromatic nitrogens is 1. The van der Waals surface area contributed by atoms with E-state index in [1.807, 2.05) is 68.4 Å². The second kappa shape index (κ2) is 8.83. The lowest BCUT2D eigenvalue weighted by Gasteiger charge is -2.14. The van der Waals surface area contributed by atoms with Gasteiger partial charge in [-0.15, -0.1) is 11.3 Å². The van der Waals surface area contributed by atoms with Crippen molar-refractivity contribution in [3.8, 4) is 16.3 Å². The van der Waals surface area contributed by atoms with E-state index in [0.29, 0.717) is 17.0 Å². The van der Waals surface area contributed by atoms with Gasteiger partial charge in [0.15, 0.2) is 5.11 Å². The Morgan fingerprint density at radius 2 is 1.77 bits per heavy atom. The summed E-state index contributed by atoms with van der Waals surface area (Å²) in [5, 5.41) is 6.93. The summed E-state index contributed by atoms with van der Waals surface area (Å²) in [6.07, 6.45) is 0. The standard InChI is InChI=1S/C24H21N3O2S2/c1-14-10-15(2)12-17(11-14)22(28)27-24(30)26-19-13-16(8-9-20(19)29-3)23-25-18-6-4-5-7-21(18)31-23/h4-13H,1-3H3,(H2,26,27,28,30). The third-order valence-corrected chi connectivity index (χ3v) is 5.99. The average Bonchev–Trinajstić information content (AvgIpc) is 3.17. The Labute approximate surface area is 190 Å². The molecule has 1 amide bonds. The quantitative estimate of drug-likeness (QED) is 0.392. The van der Waals surface area contributed by atoms with Crippen LogP contribution >= 0.6 is 23.6 Å². The summed E-state index contributed by atoms with van der Waals surface area (Å²) in [5.41, 5.74) is 5.17. The zero-order valence-electron chi connectivity index (χ0n) is 17.4. The highest BCUT2D eigenvalue weighted by Gasteiger charge is 2.13. The Morgan fingerprint density at radius 1 is 1.03 bits per heavy atom. The summed E-state index contributed by atoms with van der Waals surface area (Å²) in [6, 6.07) is 19.4. The molecular weight excluding hydrogens is 426 g/mol. The number of methoxy groups -OCH3 is 1. The van der Waals surface area contributed by atoms with Crippen LogP contribution in [0.25, 0.3) is 20.8 Å². The molecule has 0 aliphatic carbocycles. The van der Waals surface area contributed by atoms with E-state index >= 15 is 0 Å². The highest BCUT2D eigenvalue weighted by Crippen LogP contribution is 2.34. The Balaban J connectivity index is 1.56. The summed E-state index contributed by atoms with van der Waals surface area (Å²) < 4.78 is 6.59. The summed E-state index contributed by atoms with van der Waals surface area (Å²) in [5.74, 6) is 0.360. The molecule has 0 bridgehead atoms. The molecule has 0 aliphatic rings. The number of thiazole rings is 1. The number of para-hydroxylation sites is 1. The number of hydrogen-bond donors (Lipinski definition) is 2. The van der Waals surface area contributed by atoms with Crippen molar-refractivity contribution in [2.45, 2.75) is 13.8 Å². The Bertz CT molecular complexity index is 1240. The molecule has 3 aromatic carbocycles. The molecule has 2 N–H and O–H groups in total. The van der Waals surface area contributed by atoms with E-state index < -0.39 is 0 Å². The predicted molar refractivity (Wildman–Crippen MR) is 131 cm³/mol. The second-order valence-corrected chi connectivity index (χ2v) is 8.63. The summed E-state index contributed by atoms with van der Waals surface area (Å²) in [6.45, 7) is 3.91. The van der Waals surface area contributed by atoms with E-state index in [1.165, 1.54) is 0 Å². The lowest BCUT2D eigenvalue weighted by atomic mass is 10.1. The number of amides is 1. The van der Waals surface area contributed by atoms with Crippen molar-refractivity contribution in [2.24, 2.45) is 0 Å². The molecule has 1 aromatic heterocycles. The van der Waals surface area contributed by atoms with Gasteiger partial charge in [0.1, 0.15) is 10.8 Å². The number of rotatable bonds is 4. The number of fused-ring (bicyclic) bond motifs is 1. The van der Waals surface area contributed by atoms with Gasteiger partial charge >= 0.3 is 0 Å². The first-order valence-electron chi connectivity index (χ1n) is 9.67. The van der Waals surface area contributed by atoms with Crippen molar-refractivity contribution in [3.63, 3.8) is 0 Å². The Kier molecular flexibility index (Phi) is 5.97. The number of ether oxygens (including phenoxy) is 1. The maximum Gasteiger partial charge on any atom is 0.257 e. The van der Waals surface area contributed by atoms with Gasteiger partial charge in [-0.3, -0.25) is 10.1 Å². The highest BCUT2D eigenvalue weighted by molar-refractivity contribution is 7.80. The summed E-state index contributed by atoms with van der Waals surface area (Å²) in [7, 11) is 1.59. The van der Waals surface area contributed by atoms with E-state index in [4.69, 9.17) is 21.9 Å². The van der Waals surface area contributed by atoms with Crippen LogP contribution in [0.4, 0.5) is 5.69 Å². The maximum absolute atomic E-state index is 12.6. The number of nitrogens with zero attached hydrogens (tertiary/aromatic N) is 1. The van der Waals surface area contributed by atoms with Gasteiger partial charge in [0.2, 0.25) is 0 Å². The molecule has 31 heavy (non-hydrogen) atoms. The molecule has 0 atom stereocenters. The van der Waals surface area contributed by atoms with Crippen LogP contribution in [0.15, 0.2) is 60.7 Å². The Morgan fingerprint density at radius 3 is 2.48 bits per heavy atom. The molecule has 0 fully saturated rings. The smallest absolute Gasteiger partial charge is 0.257 e. The molecule has 4 rings (SSSR count). The van der Waals surface area contributed by atoms with Gasteiger partial charge in [0.25, 0.3) is 5.91 Å². The van der Waals surface area contributed by atoms with Crippen molar-refractivity contribution in [1.82, 2.24) is 10.3 Å². The van der Waals surface area contributed by atoms with Crippen LogP contribution in [0.1, 0.15) is 21.5 Å². The number of aryl methyl sites for hydroxylation is 2. The van der Waals surface area contributed by atoms with E-state index in [-0.39, 0.29) is 11.0 Å². The van der Waals surface area contributed by atoms with Crippen LogP contribution < -0.4 is 15.4 Å². The first-order chi connectivity index (χ1) is 14.9. The molecule has 0 spiro atoms.